The SMILES string of the molecule is Nc1nn2c(c1C(=O)Nc1cncc(F)c1N1CCC(c3nccs3)CC1)NCC(F)C2. The summed E-state index contributed by atoms with van der Waals surface area (Å²) in [5.74, 6) is -0.393. The molecule has 1 amide bonds. The highest BCUT2D eigenvalue weighted by molar-refractivity contribution is 7.09. The van der Waals surface area contributed by atoms with E-state index in [2.05, 4.69) is 25.7 Å². The fraction of sp³-hybridized carbons (Fsp3) is 0.400. The van der Waals surface area contributed by atoms with Crippen LogP contribution in [0.4, 0.5) is 31.8 Å². The maximum absolute atomic E-state index is 14.8. The number of pyridine rings is 1. The first-order valence-electron chi connectivity index (χ1n) is 10.3. The average molecular weight is 461 g/mol. The van der Waals surface area contributed by atoms with Gasteiger partial charge in [-0.05, 0) is 12.8 Å². The number of amides is 1. The zero-order valence-corrected chi connectivity index (χ0v) is 17.9. The predicted octanol–water partition coefficient (Wildman–Crippen LogP) is 2.86. The lowest BCUT2D eigenvalue weighted by atomic mass is 9.97. The second kappa shape index (κ2) is 8.34. The van der Waals surface area contributed by atoms with Gasteiger partial charge in [0.05, 0.1) is 29.6 Å². The molecule has 0 aromatic carbocycles. The number of nitrogens with one attached hydrogen (secondary N) is 2. The first-order valence-corrected chi connectivity index (χ1v) is 11.2. The van der Waals surface area contributed by atoms with Gasteiger partial charge in [-0.15, -0.1) is 11.3 Å². The third-order valence-electron chi connectivity index (χ3n) is 5.80. The summed E-state index contributed by atoms with van der Waals surface area (Å²) in [5, 5.41) is 12.7. The minimum absolute atomic E-state index is 0.0145. The molecule has 2 aliphatic rings. The van der Waals surface area contributed by atoms with E-state index in [1.165, 1.54) is 10.9 Å². The third-order valence-corrected chi connectivity index (χ3v) is 6.74. The second-order valence-corrected chi connectivity index (χ2v) is 8.80. The molecule has 1 atom stereocenters. The molecule has 5 heterocycles. The van der Waals surface area contributed by atoms with Crippen LogP contribution in [0.1, 0.15) is 34.1 Å². The van der Waals surface area contributed by atoms with Gasteiger partial charge >= 0.3 is 0 Å². The van der Waals surface area contributed by atoms with Gasteiger partial charge in [0.1, 0.15) is 23.2 Å². The van der Waals surface area contributed by atoms with Gasteiger partial charge in [0.15, 0.2) is 11.6 Å². The summed E-state index contributed by atoms with van der Waals surface area (Å²) in [7, 11) is 0. The lowest BCUT2D eigenvalue weighted by Gasteiger charge is -2.34. The molecule has 9 nitrogen and oxygen atoms in total. The van der Waals surface area contributed by atoms with E-state index in [1.54, 1.807) is 17.5 Å². The van der Waals surface area contributed by atoms with Gasteiger partial charge in [0, 0.05) is 37.1 Å². The van der Waals surface area contributed by atoms with E-state index in [1.807, 2.05) is 10.3 Å². The van der Waals surface area contributed by atoms with Crippen molar-refractivity contribution in [1.82, 2.24) is 19.7 Å². The Morgan fingerprint density at radius 1 is 1.31 bits per heavy atom. The van der Waals surface area contributed by atoms with E-state index in [9.17, 15) is 13.6 Å². The molecule has 1 unspecified atom stereocenters. The summed E-state index contributed by atoms with van der Waals surface area (Å²) < 4.78 is 29.8. The largest absolute Gasteiger partial charge is 0.381 e. The molecule has 0 aliphatic carbocycles. The first-order chi connectivity index (χ1) is 15.5. The molecule has 1 fully saturated rings. The number of hydrogen-bond acceptors (Lipinski definition) is 8. The molecule has 3 aromatic heterocycles. The van der Waals surface area contributed by atoms with Crippen LogP contribution in [0, 0.1) is 5.82 Å². The summed E-state index contributed by atoms with van der Waals surface area (Å²) in [5.41, 5.74) is 6.58. The summed E-state index contributed by atoms with van der Waals surface area (Å²) in [6.07, 6.45) is 4.90. The van der Waals surface area contributed by atoms with Crippen molar-refractivity contribution in [2.75, 3.05) is 40.9 Å². The molecule has 5 rings (SSSR count). The number of nitrogens with two attached hydrogens (primary N) is 1. The van der Waals surface area contributed by atoms with E-state index < -0.39 is 17.9 Å². The van der Waals surface area contributed by atoms with E-state index in [0.717, 1.165) is 24.0 Å². The maximum atomic E-state index is 14.8. The number of rotatable bonds is 4. The molecule has 1 saturated heterocycles. The summed E-state index contributed by atoms with van der Waals surface area (Å²) in [4.78, 5) is 23.3. The van der Waals surface area contributed by atoms with Crippen LogP contribution < -0.4 is 21.3 Å². The number of carbonyl (C=O) groups excluding carboxylic acids is 1. The predicted molar refractivity (Wildman–Crippen MR) is 118 cm³/mol. The zero-order chi connectivity index (χ0) is 22.2. The Morgan fingerprint density at radius 3 is 2.88 bits per heavy atom. The summed E-state index contributed by atoms with van der Waals surface area (Å²) >= 11 is 1.63. The highest BCUT2D eigenvalue weighted by atomic mass is 32.1. The fourth-order valence-corrected chi connectivity index (χ4v) is 5.10. The van der Waals surface area contributed by atoms with Crippen molar-refractivity contribution in [2.45, 2.75) is 31.5 Å². The number of anilines is 4. The van der Waals surface area contributed by atoms with E-state index in [-0.39, 0.29) is 30.2 Å². The fourth-order valence-electron chi connectivity index (χ4n) is 4.29. The topological polar surface area (TPSA) is 114 Å². The van der Waals surface area contributed by atoms with Crippen molar-refractivity contribution in [3.8, 4) is 0 Å². The number of aromatic nitrogens is 4. The molecule has 0 spiro atoms. The van der Waals surface area contributed by atoms with Gasteiger partial charge < -0.3 is 21.3 Å². The molecule has 4 N–H and O–H groups in total. The van der Waals surface area contributed by atoms with E-state index in [0.29, 0.717) is 30.5 Å². The van der Waals surface area contributed by atoms with Crippen molar-refractivity contribution >= 4 is 40.3 Å². The lowest BCUT2D eigenvalue weighted by molar-refractivity contribution is 0.102. The lowest BCUT2D eigenvalue weighted by Crippen LogP contribution is -2.34. The molecule has 32 heavy (non-hydrogen) atoms. The molecular formula is C20H22F2N8OS. The van der Waals surface area contributed by atoms with Crippen molar-refractivity contribution in [3.63, 3.8) is 0 Å². The van der Waals surface area contributed by atoms with Gasteiger partial charge in [-0.1, -0.05) is 0 Å². The Balaban J connectivity index is 1.37. The highest BCUT2D eigenvalue weighted by Crippen LogP contribution is 2.36. The van der Waals surface area contributed by atoms with Crippen molar-refractivity contribution in [2.24, 2.45) is 0 Å². The number of nitrogen functional groups attached to an aromatic ring is 1. The normalized spacial score (nSPS) is 18.8. The van der Waals surface area contributed by atoms with E-state index in [4.69, 9.17) is 5.73 Å². The number of thiazole rings is 1. The van der Waals surface area contributed by atoms with Crippen LogP contribution in [0.25, 0.3) is 0 Å². The van der Waals surface area contributed by atoms with Crippen molar-refractivity contribution in [3.05, 3.63) is 40.4 Å². The molecule has 12 heteroatoms. The minimum atomic E-state index is -1.12. The number of nitrogens with zero attached hydrogens (tertiary/aromatic N) is 5. The summed E-state index contributed by atoms with van der Waals surface area (Å²) in [6.45, 7) is 1.32. The Bertz CT molecular complexity index is 1130. The Morgan fingerprint density at radius 2 is 2.12 bits per heavy atom. The first kappa shape index (κ1) is 20.6. The zero-order valence-electron chi connectivity index (χ0n) is 17.1. The van der Waals surface area contributed by atoms with Crippen LogP contribution in [-0.4, -0.2) is 51.5 Å². The monoisotopic (exact) mass is 460 g/mol. The van der Waals surface area contributed by atoms with Crippen molar-refractivity contribution < 1.29 is 13.6 Å². The smallest absolute Gasteiger partial charge is 0.263 e. The molecule has 0 radical (unpaired) electrons. The molecule has 2 aliphatic heterocycles. The average Bonchev–Trinajstić information content (AvgIpc) is 3.41. The number of fused-ring (bicyclic) bond motifs is 1. The quantitative estimate of drug-likeness (QED) is 0.549. The Kier molecular flexibility index (Phi) is 5.37. The van der Waals surface area contributed by atoms with Crippen LogP contribution in [0.3, 0.4) is 0 Å². The van der Waals surface area contributed by atoms with Crippen LogP contribution in [0.5, 0.6) is 0 Å². The van der Waals surface area contributed by atoms with Gasteiger partial charge in [-0.25, -0.2) is 18.4 Å². The Labute approximate surface area is 186 Å². The van der Waals surface area contributed by atoms with Crippen LogP contribution in [-0.2, 0) is 6.54 Å². The summed E-state index contributed by atoms with van der Waals surface area (Å²) in [6, 6.07) is 0. The molecular weight excluding hydrogens is 438 g/mol. The van der Waals surface area contributed by atoms with Gasteiger partial charge in [-0.2, -0.15) is 5.10 Å². The molecule has 0 saturated carbocycles. The van der Waals surface area contributed by atoms with E-state index >= 15 is 0 Å². The number of piperidine rings is 1. The minimum Gasteiger partial charge on any atom is -0.381 e. The molecule has 3 aromatic rings. The van der Waals surface area contributed by atoms with Crippen LogP contribution in [0.15, 0.2) is 24.0 Å². The highest BCUT2D eigenvalue weighted by Gasteiger charge is 2.30. The maximum Gasteiger partial charge on any atom is 0.263 e. The van der Waals surface area contributed by atoms with Gasteiger partial charge in [-0.3, -0.25) is 9.78 Å². The van der Waals surface area contributed by atoms with Gasteiger partial charge in [0.2, 0.25) is 0 Å². The number of hydrogen-bond donors (Lipinski definition) is 3. The van der Waals surface area contributed by atoms with Gasteiger partial charge in [0.25, 0.3) is 5.91 Å². The van der Waals surface area contributed by atoms with Crippen LogP contribution in [0.2, 0.25) is 0 Å². The van der Waals surface area contributed by atoms with Crippen molar-refractivity contribution in [1.29, 1.82) is 0 Å². The number of carbonyl (C=O) groups is 1. The second-order valence-electron chi connectivity index (χ2n) is 7.87. The number of alkyl halides is 1. The number of halogens is 2. The molecule has 168 valence electrons. The standard InChI is InChI=1S/C20H22F2N8OS/c21-12-7-26-18-15(17(23)28-30(18)10-12)19(31)27-14-9-24-8-13(22)16(14)29-4-1-11(2-5-29)20-25-3-6-32-20/h3,6,8-9,11-12,26H,1-2,4-5,7,10H2,(H2,23,28)(H,27,31). The molecule has 0 bridgehead atoms. The third kappa shape index (κ3) is 3.74. The Hall–Kier alpha value is -3.28. The van der Waals surface area contributed by atoms with Crippen LogP contribution >= 0.6 is 11.3 Å².